The Balaban J connectivity index is 1.32. The van der Waals surface area contributed by atoms with Crippen LogP contribution in [0.15, 0.2) is 0 Å². The molecule has 1 atom stereocenters. The molecule has 4 saturated carbocycles. The van der Waals surface area contributed by atoms with Gasteiger partial charge in [0.25, 0.3) is 0 Å². The largest absolute Gasteiger partial charge is 0.376 e. The van der Waals surface area contributed by atoms with Gasteiger partial charge in [-0.25, -0.2) is 4.79 Å². The fraction of sp³-hybridized carbons (Fsp3) is 0.938. The lowest BCUT2D eigenvalue weighted by molar-refractivity contribution is -0.0137. The molecule has 5 fully saturated rings. The second-order valence-corrected chi connectivity index (χ2v) is 7.67. The minimum absolute atomic E-state index is 0.0300. The molecule has 5 rings (SSSR count). The van der Waals surface area contributed by atoms with Crippen molar-refractivity contribution in [1.29, 1.82) is 0 Å². The molecule has 0 unspecified atom stereocenters. The van der Waals surface area contributed by atoms with Crippen LogP contribution >= 0.6 is 0 Å². The summed E-state index contributed by atoms with van der Waals surface area (Å²) in [7, 11) is 0. The minimum atomic E-state index is 0.0300. The van der Waals surface area contributed by atoms with Crippen LogP contribution in [0.1, 0.15) is 51.4 Å². The first-order chi connectivity index (χ1) is 9.71. The summed E-state index contributed by atoms with van der Waals surface area (Å²) in [5, 5.41) is 6.37. The Bertz CT molecular complexity index is 355. The third kappa shape index (κ3) is 2.43. The molecule has 0 aromatic heterocycles. The summed E-state index contributed by atoms with van der Waals surface area (Å²) < 4.78 is 5.55. The number of nitrogens with one attached hydrogen (secondary N) is 2. The summed E-state index contributed by atoms with van der Waals surface area (Å²) in [4.78, 5) is 12.2. The summed E-state index contributed by atoms with van der Waals surface area (Å²) in [6, 6.07) is 0.0300. The highest BCUT2D eigenvalue weighted by atomic mass is 16.5. The van der Waals surface area contributed by atoms with E-state index in [1.54, 1.807) is 0 Å². The lowest BCUT2D eigenvalue weighted by Gasteiger charge is -2.56. The zero-order chi connectivity index (χ0) is 13.6. The average molecular weight is 278 g/mol. The van der Waals surface area contributed by atoms with Gasteiger partial charge in [0.15, 0.2) is 0 Å². The molecule has 0 radical (unpaired) electrons. The van der Waals surface area contributed by atoms with Crippen molar-refractivity contribution in [1.82, 2.24) is 10.6 Å². The predicted molar refractivity (Wildman–Crippen MR) is 76.4 cm³/mol. The van der Waals surface area contributed by atoms with E-state index in [-0.39, 0.29) is 17.7 Å². The van der Waals surface area contributed by atoms with Gasteiger partial charge >= 0.3 is 6.03 Å². The number of rotatable bonds is 3. The Morgan fingerprint density at radius 3 is 2.30 bits per heavy atom. The molecule has 1 aliphatic heterocycles. The molecular formula is C16H26N2O2. The molecule has 4 nitrogen and oxygen atoms in total. The molecule has 2 amide bonds. The molecule has 1 saturated heterocycles. The first-order valence-electron chi connectivity index (χ1n) is 8.38. The van der Waals surface area contributed by atoms with Crippen molar-refractivity contribution in [2.75, 3.05) is 13.2 Å². The highest BCUT2D eigenvalue weighted by Crippen LogP contribution is 2.55. The van der Waals surface area contributed by atoms with Gasteiger partial charge in [-0.15, -0.1) is 0 Å². The fourth-order valence-electron chi connectivity index (χ4n) is 5.56. The molecule has 20 heavy (non-hydrogen) atoms. The van der Waals surface area contributed by atoms with Crippen LogP contribution in [0.3, 0.4) is 0 Å². The van der Waals surface area contributed by atoms with E-state index in [2.05, 4.69) is 10.6 Å². The second-order valence-electron chi connectivity index (χ2n) is 7.67. The summed E-state index contributed by atoms with van der Waals surface area (Å²) in [6.07, 6.45) is 10.3. The van der Waals surface area contributed by atoms with Crippen LogP contribution in [-0.2, 0) is 4.74 Å². The maximum Gasteiger partial charge on any atom is 0.315 e. The van der Waals surface area contributed by atoms with Crippen LogP contribution in [0, 0.1) is 17.8 Å². The van der Waals surface area contributed by atoms with E-state index in [0.29, 0.717) is 6.54 Å². The Kier molecular flexibility index (Phi) is 3.17. The van der Waals surface area contributed by atoms with Crippen LogP contribution in [0.5, 0.6) is 0 Å². The summed E-state index contributed by atoms with van der Waals surface area (Å²) >= 11 is 0. The first-order valence-corrected chi connectivity index (χ1v) is 8.38. The van der Waals surface area contributed by atoms with Gasteiger partial charge in [-0.3, -0.25) is 0 Å². The molecule has 4 bridgehead atoms. The van der Waals surface area contributed by atoms with Gasteiger partial charge in [-0.2, -0.15) is 0 Å². The SMILES string of the molecule is O=C(NC[C@@H]1CCCO1)NC12CC3CC(CC(C3)C1)C2. The van der Waals surface area contributed by atoms with Gasteiger partial charge in [0.1, 0.15) is 0 Å². The zero-order valence-corrected chi connectivity index (χ0v) is 12.2. The molecule has 4 aliphatic carbocycles. The third-order valence-corrected chi connectivity index (χ3v) is 5.93. The van der Waals surface area contributed by atoms with Gasteiger partial charge in [0, 0.05) is 18.7 Å². The monoisotopic (exact) mass is 278 g/mol. The number of carbonyl (C=O) groups excluding carboxylic acids is 1. The third-order valence-electron chi connectivity index (χ3n) is 5.93. The minimum Gasteiger partial charge on any atom is -0.376 e. The average Bonchev–Trinajstić information content (AvgIpc) is 2.87. The van der Waals surface area contributed by atoms with Crippen LogP contribution in [0.2, 0.25) is 0 Å². The smallest absolute Gasteiger partial charge is 0.315 e. The second kappa shape index (κ2) is 4.90. The zero-order valence-electron chi connectivity index (χ0n) is 12.2. The number of carbonyl (C=O) groups is 1. The maximum absolute atomic E-state index is 12.2. The van der Waals surface area contributed by atoms with Crippen LogP contribution in [-0.4, -0.2) is 30.8 Å². The van der Waals surface area contributed by atoms with Gasteiger partial charge in [-0.1, -0.05) is 0 Å². The molecule has 0 aromatic rings. The van der Waals surface area contributed by atoms with Gasteiger partial charge < -0.3 is 15.4 Å². The highest BCUT2D eigenvalue weighted by molar-refractivity contribution is 5.75. The fourth-order valence-corrected chi connectivity index (χ4v) is 5.56. The predicted octanol–water partition coefficient (Wildman–Crippen LogP) is 2.43. The van der Waals surface area contributed by atoms with Crippen LogP contribution < -0.4 is 10.6 Å². The summed E-state index contributed by atoms with van der Waals surface area (Å²) in [6.45, 7) is 1.52. The van der Waals surface area contributed by atoms with Crippen molar-refractivity contribution < 1.29 is 9.53 Å². The van der Waals surface area contributed by atoms with E-state index >= 15 is 0 Å². The summed E-state index contributed by atoms with van der Waals surface area (Å²) in [5.74, 6) is 2.62. The molecular weight excluding hydrogens is 252 g/mol. The number of ether oxygens (including phenoxy) is 1. The Morgan fingerprint density at radius 2 is 1.75 bits per heavy atom. The summed E-state index contributed by atoms with van der Waals surface area (Å²) in [5.41, 5.74) is 0.120. The lowest BCUT2D eigenvalue weighted by atomic mass is 9.53. The molecule has 5 aliphatic rings. The van der Waals surface area contributed by atoms with E-state index in [1.165, 1.54) is 38.5 Å². The lowest BCUT2D eigenvalue weighted by Crippen LogP contribution is -2.61. The maximum atomic E-state index is 12.2. The van der Waals surface area contributed by atoms with Crippen LogP contribution in [0.4, 0.5) is 4.79 Å². The molecule has 4 heteroatoms. The van der Waals surface area contributed by atoms with Crippen LogP contribution in [0.25, 0.3) is 0 Å². The van der Waals surface area contributed by atoms with Crippen molar-refractivity contribution in [2.24, 2.45) is 17.8 Å². The van der Waals surface area contributed by atoms with Crippen molar-refractivity contribution >= 4 is 6.03 Å². The van der Waals surface area contributed by atoms with Crippen molar-refractivity contribution in [3.8, 4) is 0 Å². The Labute approximate surface area is 121 Å². The van der Waals surface area contributed by atoms with Gasteiger partial charge in [-0.05, 0) is 69.1 Å². The van der Waals surface area contributed by atoms with Gasteiger partial charge in [0.2, 0.25) is 0 Å². The molecule has 112 valence electrons. The molecule has 0 aromatic carbocycles. The van der Waals surface area contributed by atoms with E-state index in [0.717, 1.165) is 37.2 Å². The number of hydrogen-bond donors (Lipinski definition) is 2. The highest BCUT2D eigenvalue weighted by Gasteiger charge is 2.51. The molecule has 2 N–H and O–H groups in total. The van der Waals surface area contributed by atoms with Crippen molar-refractivity contribution in [3.63, 3.8) is 0 Å². The molecule has 0 spiro atoms. The van der Waals surface area contributed by atoms with Crippen molar-refractivity contribution in [3.05, 3.63) is 0 Å². The van der Waals surface area contributed by atoms with E-state index in [9.17, 15) is 4.79 Å². The van der Waals surface area contributed by atoms with Crippen molar-refractivity contribution in [2.45, 2.75) is 63.0 Å². The number of hydrogen-bond acceptors (Lipinski definition) is 2. The van der Waals surface area contributed by atoms with E-state index < -0.39 is 0 Å². The quantitative estimate of drug-likeness (QED) is 0.833. The Morgan fingerprint density at radius 1 is 1.10 bits per heavy atom. The number of amides is 2. The topological polar surface area (TPSA) is 50.4 Å². The number of urea groups is 1. The van der Waals surface area contributed by atoms with E-state index in [1.807, 2.05) is 0 Å². The Hall–Kier alpha value is -0.770. The van der Waals surface area contributed by atoms with E-state index in [4.69, 9.17) is 4.74 Å². The van der Waals surface area contributed by atoms with Gasteiger partial charge in [0.05, 0.1) is 6.10 Å². The molecule has 1 heterocycles. The standard InChI is InChI=1S/C16H26N2O2/c19-15(17-10-14-2-1-3-20-14)18-16-7-11-4-12(8-16)6-13(5-11)9-16/h11-14H,1-10H2,(H2,17,18,19)/t11?,12?,13?,14-,16?/m0/s1. The normalized spacial score (nSPS) is 45.6. The first kappa shape index (κ1) is 12.9.